The van der Waals surface area contributed by atoms with Crippen LogP contribution in [0.3, 0.4) is 0 Å². The largest absolute Gasteiger partial charge is 0.465 e. The fourth-order valence-corrected chi connectivity index (χ4v) is 2.79. The summed E-state index contributed by atoms with van der Waals surface area (Å²) in [5.41, 5.74) is 5.36. The number of carbonyl (C=O) groups is 2. The maximum atomic E-state index is 11.7. The summed E-state index contributed by atoms with van der Waals surface area (Å²) in [5.74, 6) is -0.680. The third-order valence-corrected chi connectivity index (χ3v) is 4.10. The summed E-state index contributed by atoms with van der Waals surface area (Å²) in [4.78, 5) is 23.5. The molecule has 0 aromatic heterocycles. The zero-order chi connectivity index (χ0) is 17.7. The zero-order valence-electron chi connectivity index (χ0n) is 14.5. The van der Waals surface area contributed by atoms with E-state index in [9.17, 15) is 9.59 Å². The van der Waals surface area contributed by atoms with E-state index in [2.05, 4.69) is 0 Å². The van der Waals surface area contributed by atoms with E-state index in [0.29, 0.717) is 11.1 Å². The Hall–Kier alpha value is -2.62. The molecule has 126 valence electrons. The van der Waals surface area contributed by atoms with Gasteiger partial charge in [0.15, 0.2) is 0 Å². The number of benzene rings is 2. The smallest absolute Gasteiger partial charge is 0.337 e. The molecule has 4 heteroatoms. The van der Waals surface area contributed by atoms with E-state index in [0.717, 1.165) is 35.1 Å². The molecule has 0 radical (unpaired) electrons. The fourth-order valence-electron chi connectivity index (χ4n) is 2.79. The van der Waals surface area contributed by atoms with Crippen molar-refractivity contribution >= 4 is 11.9 Å². The number of methoxy groups -OCH3 is 2. The highest BCUT2D eigenvalue weighted by Crippen LogP contribution is 2.30. The van der Waals surface area contributed by atoms with Crippen LogP contribution in [0.15, 0.2) is 36.4 Å². The summed E-state index contributed by atoms with van der Waals surface area (Å²) in [7, 11) is 2.76. The van der Waals surface area contributed by atoms with Crippen LogP contribution in [0.25, 0.3) is 11.1 Å². The van der Waals surface area contributed by atoms with Crippen molar-refractivity contribution < 1.29 is 19.1 Å². The van der Waals surface area contributed by atoms with Crippen LogP contribution in [0.1, 0.15) is 45.7 Å². The van der Waals surface area contributed by atoms with E-state index in [1.54, 1.807) is 12.1 Å². The van der Waals surface area contributed by atoms with Gasteiger partial charge in [0.05, 0.1) is 25.3 Å². The van der Waals surface area contributed by atoms with Crippen molar-refractivity contribution in [2.24, 2.45) is 0 Å². The third kappa shape index (κ3) is 3.48. The lowest BCUT2D eigenvalue weighted by Crippen LogP contribution is -2.04. The summed E-state index contributed by atoms with van der Waals surface area (Å²) in [6, 6.07) is 11.2. The molecule has 0 N–H and O–H groups in total. The van der Waals surface area contributed by atoms with Crippen LogP contribution in [-0.2, 0) is 22.3 Å². The molecule has 0 atom stereocenters. The van der Waals surface area contributed by atoms with Crippen LogP contribution >= 0.6 is 0 Å². The Morgan fingerprint density at radius 3 is 1.42 bits per heavy atom. The standard InChI is InChI=1S/C20H22O4/c1-5-13-11-15(19(21)23-3)7-9-17(13)18-10-8-16(20(22)24-4)12-14(18)6-2/h7-12H,5-6H2,1-4H3. The van der Waals surface area contributed by atoms with Crippen LogP contribution in [0, 0.1) is 0 Å². The molecule has 0 amide bonds. The number of hydrogen-bond donors (Lipinski definition) is 0. The highest BCUT2D eigenvalue weighted by molar-refractivity contribution is 5.92. The van der Waals surface area contributed by atoms with E-state index in [4.69, 9.17) is 9.47 Å². The van der Waals surface area contributed by atoms with Gasteiger partial charge in [-0.25, -0.2) is 9.59 Å². The molecule has 2 aromatic rings. The highest BCUT2D eigenvalue weighted by atomic mass is 16.5. The first-order valence-electron chi connectivity index (χ1n) is 7.98. The van der Waals surface area contributed by atoms with Crippen molar-refractivity contribution in [3.63, 3.8) is 0 Å². The van der Waals surface area contributed by atoms with Crippen molar-refractivity contribution in [2.75, 3.05) is 14.2 Å². The van der Waals surface area contributed by atoms with Gasteiger partial charge in [-0.3, -0.25) is 0 Å². The Bertz CT molecular complexity index is 697. The topological polar surface area (TPSA) is 52.6 Å². The van der Waals surface area contributed by atoms with E-state index in [1.807, 2.05) is 38.1 Å². The number of ether oxygens (including phenoxy) is 2. The van der Waals surface area contributed by atoms with Gasteiger partial charge < -0.3 is 9.47 Å². The molecule has 2 aromatic carbocycles. The van der Waals surface area contributed by atoms with Gasteiger partial charge in [0, 0.05) is 0 Å². The third-order valence-electron chi connectivity index (χ3n) is 4.10. The minimum atomic E-state index is -0.340. The maximum Gasteiger partial charge on any atom is 0.337 e. The highest BCUT2D eigenvalue weighted by Gasteiger charge is 2.14. The molecule has 0 aliphatic heterocycles. The molecule has 0 bridgehead atoms. The quantitative estimate of drug-likeness (QED) is 0.778. The Balaban J connectivity index is 2.55. The number of carbonyl (C=O) groups excluding carboxylic acids is 2. The lowest BCUT2D eigenvalue weighted by atomic mass is 9.91. The molecule has 0 aliphatic carbocycles. The van der Waals surface area contributed by atoms with Gasteiger partial charge in [-0.1, -0.05) is 26.0 Å². The first-order chi connectivity index (χ1) is 11.5. The average molecular weight is 326 g/mol. The second-order valence-electron chi connectivity index (χ2n) is 5.43. The first kappa shape index (κ1) is 17.7. The second kappa shape index (κ2) is 7.77. The molecule has 0 spiro atoms. The van der Waals surface area contributed by atoms with Gasteiger partial charge in [0.1, 0.15) is 0 Å². The minimum Gasteiger partial charge on any atom is -0.465 e. The molecule has 0 heterocycles. The Kier molecular flexibility index (Phi) is 5.74. The molecule has 0 unspecified atom stereocenters. The van der Waals surface area contributed by atoms with Crippen molar-refractivity contribution in [1.82, 2.24) is 0 Å². The lowest BCUT2D eigenvalue weighted by molar-refractivity contribution is 0.0591. The van der Waals surface area contributed by atoms with E-state index < -0.39 is 0 Å². The van der Waals surface area contributed by atoms with Crippen molar-refractivity contribution in [1.29, 1.82) is 0 Å². The molecule has 2 rings (SSSR count). The Morgan fingerprint density at radius 1 is 0.750 bits per heavy atom. The molecule has 0 aliphatic rings. The predicted octanol–water partition coefficient (Wildman–Crippen LogP) is 4.05. The summed E-state index contributed by atoms with van der Waals surface area (Å²) in [5, 5.41) is 0. The number of aryl methyl sites for hydroxylation is 2. The van der Waals surface area contributed by atoms with E-state index in [1.165, 1.54) is 14.2 Å². The molecular formula is C20H22O4. The zero-order valence-corrected chi connectivity index (χ0v) is 14.5. The van der Waals surface area contributed by atoms with Gasteiger partial charge >= 0.3 is 11.9 Å². The fraction of sp³-hybridized carbons (Fsp3) is 0.300. The normalized spacial score (nSPS) is 10.3. The molecule has 0 saturated carbocycles. The number of hydrogen-bond acceptors (Lipinski definition) is 4. The van der Waals surface area contributed by atoms with Crippen LogP contribution in [0.2, 0.25) is 0 Å². The molecule has 0 fully saturated rings. The van der Waals surface area contributed by atoms with Crippen LogP contribution in [-0.4, -0.2) is 26.2 Å². The second-order valence-corrected chi connectivity index (χ2v) is 5.43. The summed E-state index contributed by atoms with van der Waals surface area (Å²) in [6.45, 7) is 4.10. The average Bonchev–Trinajstić information content (AvgIpc) is 2.65. The lowest BCUT2D eigenvalue weighted by Gasteiger charge is -2.14. The Labute approximate surface area is 142 Å². The maximum absolute atomic E-state index is 11.7. The van der Waals surface area contributed by atoms with Crippen molar-refractivity contribution in [3.05, 3.63) is 58.7 Å². The van der Waals surface area contributed by atoms with Gasteiger partial charge in [-0.15, -0.1) is 0 Å². The van der Waals surface area contributed by atoms with Crippen LogP contribution in [0.4, 0.5) is 0 Å². The van der Waals surface area contributed by atoms with Gasteiger partial charge in [0.2, 0.25) is 0 Å². The minimum absolute atomic E-state index is 0.340. The van der Waals surface area contributed by atoms with Crippen LogP contribution in [0.5, 0.6) is 0 Å². The number of rotatable bonds is 5. The first-order valence-corrected chi connectivity index (χ1v) is 7.98. The summed E-state index contributed by atoms with van der Waals surface area (Å²) >= 11 is 0. The summed E-state index contributed by atoms with van der Waals surface area (Å²) in [6.07, 6.45) is 1.59. The van der Waals surface area contributed by atoms with Gasteiger partial charge in [-0.05, 0) is 59.4 Å². The van der Waals surface area contributed by atoms with E-state index >= 15 is 0 Å². The molecule has 4 nitrogen and oxygen atoms in total. The van der Waals surface area contributed by atoms with Gasteiger partial charge in [0.25, 0.3) is 0 Å². The van der Waals surface area contributed by atoms with Crippen molar-refractivity contribution in [3.8, 4) is 11.1 Å². The molecule has 0 saturated heterocycles. The monoisotopic (exact) mass is 326 g/mol. The molecular weight excluding hydrogens is 304 g/mol. The van der Waals surface area contributed by atoms with Crippen LogP contribution < -0.4 is 0 Å². The Morgan fingerprint density at radius 2 is 1.12 bits per heavy atom. The van der Waals surface area contributed by atoms with Gasteiger partial charge in [-0.2, -0.15) is 0 Å². The predicted molar refractivity (Wildman–Crippen MR) is 93.3 cm³/mol. The SMILES string of the molecule is CCc1cc(C(=O)OC)ccc1-c1ccc(C(=O)OC)cc1CC. The summed E-state index contributed by atoms with van der Waals surface area (Å²) < 4.78 is 9.58. The van der Waals surface area contributed by atoms with Crippen molar-refractivity contribution in [2.45, 2.75) is 26.7 Å². The van der Waals surface area contributed by atoms with E-state index in [-0.39, 0.29) is 11.9 Å². The molecule has 24 heavy (non-hydrogen) atoms. The number of esters is 2.